The van der Waals surface area contributed by atoms with Gasteiger partial charge in [0.25, 0.3) is 5.95 Å². The number of benzene rings is 1. The number of nitrogens with one attached hydrogen (secondary N) is 2. The highest BCUT2D eigenvalue weighted by atomic mass is 16.5. The molecule has 2 N–H and O–H groups in total. The monoisotopic (exact) mass is 276 g/mol. The second-order valence-electron chi connectivity index (χ2n) is 4.16. The molecule has 8 nitrogen and oxygen atoms in total. The van der Waals surface area contributed by atoms with Crippen LogP contribution in [0.15, 0.2) is 24.3 Å². The molecular weight excluding hydrogens is 260 g/mol. The van der Waals surface area contributed by atoms with Crippen molar-refractivity contribution in [3.05, 3.63) is 35.4 Å². The summed E-state index contributed by atoms with van der Waals surface area (Å²) in [7, 11) is 3.27. The Morgan fingerprint density at radius 2 is 2.20 bits per heavy atom. The SMILES string of the molecule is COCc1cccc(CNC(=O)Nc2nnn(C)n2)c1. The first-order valence-electron chi connectivity index (χ1n) is 6.03. The number of aromatic nitrogens is 4. The molecule has 1 aromatic heterocycles. The molecule has 0 fully saturated rings. The van der Waals surface area contributed by atoms with Crippen molar-refractivity contribution in [1.82, 2.24) is 25.5 Å². The molecule has 20 heavy (non-hydrogen) atoms. The summed E-state index contributed by atoms with van der Waals surface area (Å²) in [5, 5.41) is 16.3. The van der Waals surface area contributed by atoms with Crippen molar-refractivity contribution in [2.45, 2.75) is 13.2 Å². The van der Waals surface area contributed by atoms with E-state index in [1.807, 2.05) is 24.3 Å². The van der Waals surface area contributed by atoms with E-state index >= 15 is 0 Å². The lowest BCUT2D eigenvalue weighted by Gasteiger charge is -2.06. The second-order valence-corrected chi connectivity index (χ2v) is 4.16. The Morgan fingerprint density at radius 3 is 2.90 bits per heavy atom. The van der Waals surface area contributed by atoms with Gasteiger partial charge in [-0.2, -0.15) is 4.80 Å². The van der Waals surface area contributed by atoms with E-state index in [9.17, 15) is 4.79 Å². The van der Waals surface area contributed by atoms with Gasteiger partial charge in [0.15, 0.2) is 0 Å². The van der Waals surface area contributed by atoms with E-state index in [-0.39, 0.29) is 12.0 Å². The molecule has 2 aromatic rings. The Balaban J connectivity index is 1.85. The summed E-state index contributed by atoms with van der Waals surface area (Å²) in [5.74, 6) is 0.165. The molecule has 0 unspecified atom stereocenters. The number of anilines is 1. The van der Waals surface area contributed by atoms with Gasteiger partial charge in [-0.3, -0.25) is 5.32 Å². The maximum absolute atomic E-state index is 11.6. The molecule has 106 valence electrons. The quantitative estimate of drug-likeness (QED) is 0.837. The number of hydrogen-bond acceptors (Lipinski definition) is 5. The molecule has 0 bridgehead atoms. The number of hydrogen-bond donors (Lipinski definition) is 2. The lowest BCUT2D eigenvalue weighted by Crippen LogP contribution is -2.28. The minimum absolute atomic E-state index is 0.165. The zero-order valence-electron chi connectivity index (χ0n) is 11.3. The molecule has 1 aromatic carbocycles. The number of rotatable bonds is 5. The number of amides is 2. The predicted octanol–water partition coefficient (Wildman–Crippen LogP) is 0.678. The molecule has 0 spiro atoms. The third-order valence-electron chi connectivity index (χ3n) is 2.49. The highest BCUT2D eigenvalue weighted by Gasteiger charge is 2.06. The van der Waals surface area contributed by atoms with Crippen LogP contribution in [0.2, 0.25) is 0 Å². The molecule has 0 aliphatic rings. The van der Waals surface area contributed by atoms with Crippen molar-refractivity contribution in [3.8, 4) is 0 Å². The van der Waals surface area contributed by atoms with Crippen LogP contribution in [0, 0.1) is 0 Å². The molecule has 8 heteroatoms. The maximum atomic E-state index is 11.6. The van der Waals surface area contributed by atoms with Gasteiger partial charge in [-0.1, -0.05) is 29.4 Å². The van der Waals surface area contributed by atoms with Crippen molar-refractivity contribution in [2.24, 2.45) is 7.05 Å². The van der Waals surface area contributed by atoms with E-state index in [2.05, 4.69) is 26.0 Å². The highest BCUT2D eigenvalue weighted by Crippen LogP contribution is 2.06. The number of ether oxygens (including phenoxy) is 1. The Bertz CT molecular complexity index is 583. The molecular formula is C12H16N6O2. The van der Waals surface area contributed by atoms with Crippen molar-refractivity contribution in [2.75, 3.05) is 12.4 Å². The molecule has 0 saturated carbocycles. The van der Waals surface area contributed by atoms with Crippen molar-refractivity contribution >= 4 is 12.0 Å². The number of nitrogens with zero attached hydrogens (tertiary/aromatic N) is 4. The normalized spacial score (nSPS) is 10.3. The van der Waals surface area contributed by atoms with Gasteiger partial charge in [0.1, 0.15) is 0 Å². The summed E-state index contributed by atoms with van der Waals surface area (Å²) < 4.78 is 5.06. The molecule has 0 saturated heterocycles. The van der Waals surface area contributed by atoms with E-state index < -0.39 is 0 Å². The highest BCUT2D eigenvalue weighted by molar-refractivity contribution is 5.87. The number of aryl methyl sites for hydroxylation is 1. The predicted molar refractivity (Wildman–Crippen MR) is 71.8 cm³/mol. The van der Waals surface area contributed by atoms with E-state index in [0.717, 1.165) is 11.1 Å². The first-order valence-corrected chi connectivity index (χ1v) is 6.03. The summed E-state index contributed by atoms with van der Waals surface area (Å²) in [6.45, 7) is 0.952. The molecule has 0 atom stereocenters. The number of carbonyl (C=O) groups excluding carboxylic acids is 1. The van der Waals surface area contributed by atoms with Gasteiger partial charge in [0.05, 0.1) is 13.7 Å². The fourth-order valence-corrected chi connectivity index (χ4v) is 1.66. The average Bonchev–Trinajstić information content (AvgIpc) is 2.83. The largest absolute Gasteiger partial charge is 0.380 e. The summed E-state index contributed by atoms with van der Waals surface area (Å²) in [6.07, 6.45) is 0. The Kier molecular flexibility index (Phi) is 4.61. The molecule has 0 aliphatic carbocycles. The van der Waals surface area contributed by atoms with E-state index in [4.69, 9.17) is 4.74 Å². The van der Waals surface area contributed by atoms with Crippen LogP contribution >= 0.6 is 0 Å². The first-order chi connectivity index (χ1) is 9.67. The van der Waals surface area contributed by atoms with Crippen LogP contribution in [0.4, 0.5) is 10.7 Å². The third kappa shape index (κ3) is 4.02. The van der Waals surface area contributed by atoms with Crippen molar-refractivity contribution < 1.29 is 9.53 Å². The van der Waals surface area contributed by atoms with Crippen LogP contribution in [0.1, 0.15) is 11.1 Å². The zero-order valence-corrected chi connectivity index (χ0v) is 11.3. The Hall–Kier alpha value is -2.48. The molecule has 0 aliphatic heterocycles. The van der Waals surface area contributed by atoms with Crippen LogP contribution in [-0.2, 0) is 24.9 Å². The number of urea groups is 1. The lowest BCUT2D eigenvalue weighted by atomic mass is 10.1. The van der Waals surface area contributed by atoms with Gasteiger partial charge in [-0.15, -0.1) is 5.10 Å². The van der Waals surface area contributed by atoms with Crippen molar-refractivity contribution in [3.63, 3.8) is 0 Å². The van der Waals surface area contributed by atoms with Crippen molar-refractivity contribution in [1.29, 1.82) is 0 Å². The van der Waals surface area contributed by atoms with Crippen LogP contribution in [0.25, 0.3) is 0 Å². The van der Waals surface area contributed by atoms with Crippen LogP contribution < -0.4 is 10.6 Å². The summed E-state index contributed by atoms with van der Waals surface area (Å²) >= 11 is 0. The standard InChI is InChI=1S/C12H16N6O2/c1-18-16-11(15-17-18)14-12(19)13-7-9-4-3-5-10(6-9)8-20-2/h3-6H,7-8H2,1-2H3,(H2,13,14,16,19). The zero-order chi connectivity index (χ0) is 14.4. The molecule has 0 radical (unpaired) electrons. The molecule has 1 heterocycles. The molecule has 2 amide bonds. The van der Waals surface area contributed by atoms with Gasteiger partial charge in [-0.05, 0) is 16.3 Å². The minimum Gasteiger partial charge on any atom is -0.380 e. The van der Waals surface area contributed by atoms with Gasteiger partial charge >= 0.3 is 6.03 Å². The smallest absolute Gasteiger partial charge is 0.321 e. The van der Waals surface area contributed by atoms with Gasteiger partial charge in [0.2, 0.25) is 0 Å². The minimum atomic E-state index is -0.379. The average molecular weight is 276 g/mol. The third-order valence-corrected chi connectivity index (χ3v) is 2.49. The van der Waals surface area contributed by atoms with Crippen LogP contribution in [0.5, 0.6) is 0 Å². The van der Waals surface area contributed by atoms with Crippen LogP contribution in [0.3, 0.4) is 0 Å². The fraction of sp³-hybridized carbons (Fsp3) is 0.333. The topological polar surface area (TPSA) is 94.0 Å². The number of carbonyl (C=O) groups is 1. The van der Waals surface area contributed by atoms with Gasteiger partial charge in [-0.25, -0.2) is 4.79 Å². The Morgan fingerprint density at radius 1 is 1.40 bits per heavy atom. The number of methoxy groups -OCH3 is 1. The fourth-order valence-electron chi connectivity index (χ4n) is 1.66. The maximum Gasteiger partial charge on any atom is 0.321 e. The summed E-state index contributed by atoms with van der Waals surface area (Å²) in [5.41, 5.74) is 2.05. The lowest BCUT2D eigenvalue weighted by molar-refractivity contribution is 0.185. The van der Waals surface area contributed by atoms with Crippen LogP contribution in [-0.4, -0.2) is 33.3 Å². The molecule has 2 rings (SSSR count). The van der Waals surface area contributed by atoms with Gasteiger partial charge in [0, 0.05) is 13.7 Å². The van der Waals surface area contributed by atoms with E-state index in [1.165, 1.54) is 4.80 Å². The van der Waals surface area contributed by atoms with E-state index in [1.54, 1.807) is 14.2 Å². The number of tetrazole rings is 1. The van der Waals surface area contributed by atoms with Gasteiger partial charge < -0.3 is 10.1 Å². The first kappa shape index (κ1) is 13.9. The van der Waals surface area contributed by atoms with E-state index in [0.29, 0.717) is 13.2 Å². The summed E-state index contributed by atoms with van der Waals surface area (Å²) in [6, 6.07) is 7.42. The summed E-state index contributed by atoms with van der Waals surface area (Å²) in [4.78, 5) is 12.9. The second kappa shape index (κ2) is 6.62. The Labute approximate surface area is 116 Å².